The molecule has 0 aromatic rings. The van der Waals surface area contributed by atoms with Gasteiger partial charge in [0, 0.05) is 11.8 Å². The average Bonchev–Trinajstić information content (AvgIpc) is 2.05. The van der Waals surface area contributed by atoms with Crippen LogP contribution >= 0.6 is 0 Å². The van der Waals surface area contributed by atoms with E-state index in [-0.39, 0.29) is 27.8 Å². The lowest BCUT2D eigenvalue weighted by Gasteiger charge is -2.53. The molecule has 0 heterocycles. The van der Waals surface area contributed by atoms with E-state index in [4.69, 9.17) is 0 Å². The molecule has 0 saturated heterocycles. The lowest BCUT2D eigenvalue weighted by molar-refractivity contribution is 0.00374. The minimum Gasteiger partial charge on any atom is -0.508 e. The molecule has 1 aliphatic carbocycles. The molecule has 1 aliphatic rings. The van der Waals surface area contributed by atoms with Gasteiger partial charge >= 0.3 is 0 Å². The first-order valence-corrected chi connectivity index (χ1v) is 5.82. The fraction of sp³-hybridized carbons (Fsp3) is 0.714. The van der Waals surface area contributed by atoms with Gasteiger partial charge in [-0.1, -0.05) is 47.6 Å². The summed E-state index contributed by atoms with van der Waals surface area (Å²) in [5.74, 6) is 0.108. The van der Waals surface area contributed by atoms with Crippen molar-refractivity contribution in [3.8, 4) is 0 Å². The molecule has 0 atom stereocenters. The van der Waals surface area contributed by atoms with Crippen molar-refractivity contribution in [2.75, 3.05) is 0 Å². The van der Waals surface area contributed by atoms with Crippen LogP contribution in [0, 0.1) is 16.2 Å². The summed E-state index contributed by atoms with van der Waals surface area (Å²) < 4.78 is 0. The lowest BCUT2D eigenvalue weighted by Crippen LogP contribution is -2.46. The van der Waals surface area contributed by atoms with E-state index in [1.165, 1.54) is 0 Å². The molecule has 2 heteroatoms. The van der Waals surface area contributed by atoms with Gasteiger partial charge in [0.25, 0.3) is 0 Å². The van der Waals surface area contributed by atoms with Crippen LogP contribution < -0.4 is 0 Å². The number of aliphatic hydroxyl groups is 2. The van der Waals surface area contributed by atoms with E-state index in [9.17, 15) is 10.2 Å². The molecule has 92 valence electrons. The van der Waals surface area contributed by atoms with Crippen molar-refractivity contribution < 1.29 is 10.2 Å². The molecule has 0 spiro atoms. The van der Waals surface area contributed by atoms with Crippen molar-refractivity contribution >= 4 is 0 Å². The molecule has 0 aromatic heterocycles. The second-order valence-corrected chi connectivity index (χ2v) is 6.81. The first-order chi connectivity index (χ1) is 7.01. The molecule has 1 rings (SSSR count). The first kappa shape index (κ1) is 13.1. The smallest absolute Gasteiger partial charge is 0.152 e. The van der Waals surface area contributed by atoms with Gasteiger partial charge in [-0.3, -0.25) is 0 Å². The second-order valence-electron chi connectivity index (χ2n) is 6.81. The van der Waals surface area contributed by atoms with Crippen molar-refractivity contribution in [2.24, 2.45) is 16.2 Å². The van der Waals surface area contributed by atoms with E-state index in [1.54, 1.807) is 6.08 Å². The molecule has 2 nitrogen and oxygen atoms in total. The Morgan fingerprint density at radius 3 is 1.75 bits per heavy atom. The van der Waals surface area contributed by atoms with Crippen molar-refractivity contribution in [1.82, 2.24) is 0 Å². The number of aliphatic hydroxyl groups excluding tert-OH is 2. The largest absolute Gasteiger partial charge is 0.508 e. The first-order valence-electron chi connectivity index (χ1n) is 5.82. The molecular weight excluding hydrogens is 200 g/mol. The second kappa shape index (κ2) is 3.54. The molecular formula is C14H24O2. The molecule has 0 amide bonds. The Morgan fingerprint density at radius 2 is 1.44 bits per heavy atom. The Labute approximate surface area is 98.7 Å². The van der Waals surface area contributed by atoms with Crippen LogP contribution in [-0.4, -0.2) is 10.2 Å². The van der Waals surface area contributed by atoms with E-state index in [0.29, 0.717) is 6.42 Å². The van der Waals surface area contributed by atoms with Crippen LogP contribution in [0.5, 0.6) is 0 Å². The standard InChI is InChI=1S/C14H24O2/c1-12(2,3)14(13(4,5)6)8-7-10(15)11(16)9-14/h7-8,15-16H,9H2,1-6H3. The minimum absolute atomic E-state index is 0.00382. The Morgan fingerprint density at radius 1 is 1.00 bits per heavy atom. The summed E-state index contributed by atoms with van der Waals surface area (Å²) in [5.41, 5.74) is -0.0941. The summed E-state index contributed by atoms with van der Waals surface area (Å²) in [7, 11) is 0. The summed E-state index contributed by atoms with van der Waals surface area (Å²) in [6.45, 7) is 13.1. The Kier molecular flexibility index (Phi) is 2.91. The highest BCUT2D eigenvalue weighted by Crippen LogP contribution is 2.57. The van der Waals surface area contributed by atoms with Gasteiger partial charge in [0.2, 0.25) is 0 Å². The van der Waals surface area contributed by atoms with Gasteiger partial charge in [0.05, 0.1) is 0 Å². The Hall–Kier alpha value is -0.920. The van der Waals surface area contributed by atoms with Crippen LogP contribution in [0.2, 0.25) is 0 Å². The van der Waals surface area contributed by atoms with Crippen LogP contribution in [-0.2, 0) is 0 Å². The molecule has 0 bridgehead atoms. The van der Waals surface area contributed by atoms with Gasteiger partial charge in [-0.05, 0) is 16.9 Å². The fourth-order valence-electron chi connectivity index (χ4n) is 2.89. The third kappa shape index (κ3) is 1.85. The summed E-state index contributed by atoms with van der Waals surface area (Å²) in [6, 6.07) is 0. The highest BCUT2D eigenvalue weighted by molar-refractivity contribution is 5.28. The lowest BCUT2D eigenvalue weighted by atomic mass is 9.51. The molecule has 0 saturated carbocycles. The zero-order valence-electron chi connectivity index (χ0n) is 11.3. The summed E-state index contributed by atoms with van der Waals surface area (Å²) in [5, 5.41) is 19.3. The monoisotopic (exact) mass is 224 g/mol. The van der Waals surface area contributed by atoms with Gasteiger partial charge in [-0.15, -0.1) is 0 Å². The maximum absolute atomic E-state index is 9.82. The summed E-state index contributed by atoms with van der Waals surface area (Å²) >= 11 is 0. The fourth-order valence-corrected chi connectivity index (χ4v) is 2.89. The predicted molar refractivity (Wildman–Crippen MR) is 67.4 cm³/mol. The molecule has 0 fully saturated rings. The summed E-state index contributed by atoms with van der Waals surface area (Å²) in [4.78, 5) is 0. The maximum atomic E-state index is 9.82. The predicted octanol–water partition coefficient (Wildman–Crippen LogP) is 4.35. The third-order valence-electron chi connectivity index (χ3n) is 3.94. The van der Waals surface area contributed by atoms with Gasteiger partial charge < -0.3 is 10.2 Å². The molecule has 2 N–H and O–H groups in total. The number of rotatable bonds is 0. The zero-order valence-corrected chi connectivity index (χ0v) is 11.3. The van der Waals surface area contributed by atoms with Crippen LogP contribution in [0.15, 0.2) is 23.7 Å². The highest BCUT2D eigenvalue weighted by atomic mass is 16.3. The number of hydrogen-bond donors (Lipinski definition) is 2. The topological polar surface area (TPSA) is 40.5 Å². The minimum atomic E-state index is -0.143. The van der Waals surface area contributed by atoms with Gasteiger partial charge in [0.1, 0.15) is 5.76 Å². The van der Waals surface area contributed by atoms with E-state index < -0.39 is 0 Å². The molecule has 0 aromatic carbocycles. The number of hydrogen-bond acceptors (Lipinski definition) is 2. The molecule has 0 radical (unpaired) electrons. The van der Waals surface area contributed by atoms with Crippen molar-refractivity contribution in [1.29, 1.82) is 0 Å². The summed E-state index contributed by atoms with van der Waals surface area (Å²) in [6.07, 6.45) is 4.19. The third-order valence-corrected chi connectivity index (χ3v) is 3.94. The van der Waals surface area contributed by atoms with Gasteiger partial charge in [0.15, 0.2) is 5.76 Å². The maximum Gasteiger partial charge on any atom is 0.152 e. The van der Waals surface area contributed by atoms with Crippen LogP contribution in [0.1, 0.15) is 48.0 Å². The average molecular weight is 224 g/mol. The zero-order chi connectivity index (χ0) is 12.8. The van der Waals surface area contributed by atoms with Crippen molar-refractivity contribution in [2.45, 2.75) is 48.0 Å². The van der Waals surface area contributed by atoms with Crippen LogP contribution in [0.3, 0.4) is 0 Å². The van der Waals surface area contributed by atoms with Gasteiger partial charge in [-0.25, -0.2) is 0 Å². The normalized spacial score (nSPS) is 21.4. The highest BCUT2D eigenvalue weighted by Gasteiger charge is 2.50. The quantitative estimate of drug-likeness (QED) is 0.642. The van der Waals surface area contributed by atoms with Crippen LogP contribution in [0.4, 0.5) is 0 Å². The van der Waals surface area contributed by atoms with E-state index in [1.807, 2.05) is 0 Å². The molecule has 0 unspecified atom stereocenters. The SMILES string of the molecule is CC(C)(C)C1(C(C)(C)C)C=CC(O)=C(O)C1. The Balaban J connectivity index is 3.29. The number of allylic oxidation sites excluding steroid dienone is 3. The molecule has 16 heavy (non-hydrogen) atoms. The van der Waals surface area contributed by atoms with Crippen LogP contribution in [0.25, 0.3) is 0 Å². The van der Waals surface area contributed by atoms with Gasteiger partial charge in [-0.2, -0.15) is 0 Å². The van der Waals surface area contributed by atoms with Crippen molar-refractivity contribution in [3.05, 3.63) is 23.7 Å². The van der Waals surface area contributed by atoms with E-state index in [0.717, 1.165) is 0 Å². The Bertz CT molecular complexity index is 321. The van der Waals surface area contributed by atoms with E-state index in [2.05, 4.69) is 47.6 Å². The molecule has 0 aliphatic heterocycles. The van der Waals surface area contributed by atoms with Crippen molar-refractivity contribution in [3.63, 3.8) is 0 Å². The van der Waals surface area contributed by atoms with E-state index >= 15 is 0 Å².